The topological polar surface area (TPSA) is 29.3 Å². The third kappa shape index (κ3) is 2.53. The summed E-state index contributed by atoms with van der Waals surface area (Å²) in [5.41, 5.74) is 8.37. The summed E-state index contributed by atoms with van der Waals surface area (Å²) >= 11 is 2.06. The Kier molecular flexibility index (Phi) is 3.45. The van der Waals surface area contributed by atoms with E-state index in [4.69, 9.17) is 5.73 Å². The van der Waals surface area contributed by atoms with Gasteiger partial charge in [-0.3, -0.25) is 0 Å². The molecule has 2 N–H and O–H groups in total. The summed E-state index contributed by atoms with van der Waals surface area (Å²) in [6, 6.07) is 8.48. The molecule has 1 aromatic carbocycles. The van der Waals surface area contributed by atoms with Gasteiger partial charge in [0.2, 0.25) is 0 Å². The number of thioether (sulfide) groups is 1. The van der Waals surface area contributed by atoms with Crippen molar-refractivity contribution in [3.63, 3.8) is 0 Å². The van der Waals surface area contributed by atoms with Crippen LogP contribution in [0.5, 0.6) is 0 Å². The Morgan fingerprint density at radius 1 is 1.38 bits per heavy atom. The van der Waals surface area contributed by atoms with Crippen LogP contribution in [0.1, 0.15) is 19.4 Å². The summed E-state index contributed by atoms with van der Waals surface area (Å²) in [6.07, 6.45) is 0. The summed E-state index contributed by atoms with van der Waals surface area (Å²) in [5, 5.41) is 0. The molecule has 0 aromatic heterocycles. The van der Waals surface area contributed by atoms with Gasteiger partial charge in [-0.2, -0.15) is 11.8 Å². The Bertz CT molecular complexity index is 363. The van der Waals surface area contributed by atoms with Crippen molar-refractivity contribution in [2.24, 2.45) is 5.73 Å². The SMILES string of the molecule is CC1(C)CN(c2ccccc2CN)CCS1. The van der Waals surface area contributed by atoms with Crippen LogP contribution in [-0.2, 0) is 6.54 Å². The van der Waals surface area contributed by atoms with Gasteiger partial charge in [0, 0.05) is 35.8 Å². The van der Waals surface area contributed by atoms with Crippen molar-refractivity contribution < 1.29 is 0 Å². The molecular formula is C13H20N2S. The summed E-state index contributed by atoms with van der Waals surface area (Å²) in [6.45, 7) is 7.49. The molecule has 0 spiro atoms. The fourth-order valence-corrected chi connectivity index (χ4v) is 3.33. The molecule has 3 heteroatoms. The highest BCUT2D eigenvalue weighted by molar-refractivity contribution is 8.00. The molecule has 2 rings (SSSR count). The first-order valence-corrected chi connectivity index (χ1v) is 6.78. The minimum absolute atomic E-state index is 0.347. The van der Waals surface area contributed by atoms with Crippen molar-refractivity contribution in [3.8, 4) is 0 Å². The molecule has 1 aliphatic heterocycles. The van der Waals surface area contributed by atoms with Crippen LogP contribution < -0.4 is 10.6 Å². The Morgan fingerprint density at radius 3 is 2.81 bits per heavy atom. The standard InChI is InChI=1S/C13H20N2S/c1-13(2)10-15(7-8-16-13)12-6-4-3-5-11(12)9-14/h3-6H,7-10,14H2,1-2H3. The summed E-state index contributed by atoms with van der Waals surface area (Å²) in [7, 11) is 0. The van der Waals surface area contributed by atoms with Crippen molar-refractivity contribution in [2.75, 3.05) is 23.7 Å². The van der Waals surface area contributed by atoms with Crippen molar-refractivity contribution in [1.29, 1.82) is 0 Å². The van der Waals surface area contributed by atoms with Crippen molar-refractivity contribution >= 4 is 17.4 Å². The highest BCUT2D eigenvalue weighted by atomic mass is 32.2. The van der Waals surface area contributed by atoms with E-state index in [9.17, 15) is 0 Å². The largest absolute Gasteiger partial charge is 0.369 e. The van der Waals surface area contributed by atoms with Crippen LogP contribution in [0.15, 0.2) is 24.3 Å². The molecule has 16 heavy (non-hydrogen) atoms. The van der Waals surface area contributed by atoms with Gasteiger partial charge in [-0.1, -0.05) is 18.2 Å². The second kappa shape index (κ2) is 4.68. The van der Waals surface area contributed by atoms with Crippen molar-refractivity contribution in [3.05, 3.63) is 29.8 Å². The molecule has 1 fully saturated rings. The lowest BCUT2D eigenvalue weighted by Gasteiger charge is -2.39. The van der Waals surface area contributed by atoms with Crippen LogP contribution in [0.3, 0.4) is 0 Å². The highest BCUT2D eigenvalue weighted by Gasteiger charge is 2.27. The summed E-state index contributed by atoms with van der Waals surface area (Å²) in [4.78, 5) is 2.47. The minimum Gasteiger partial charge on any atom is -0.369 e. The number of hydrogen-bond donors (Lipinski definition) is 1. The van der Waals surface area contributed by atoms with Gasteiger partial charge in [-0.15, -0.1) is 0 Å². The minimum atomic E-state index is 0.347. The maximum Gasteiger partial charge on any atom is 0.0412 e. The van der Waals surface area contributed by atoms with E-state index in [2.05, 4.69) is 54.8 Å². The zero-order valence-corrected chi connectivity index (χ0v) is 10.9. The first kappa shape index (κ1) is 11.8. The van der Waals surface area contributed by atoms with E-state index < -0.39 is 0 Å². The van der Waals surface area contributed by atoms with Crippen LogP contribution in [0.2, 0.25) is 0 Å². The third-order valence-electron chi connectivity index (χ3n) is 2.98. The Morgan fingerprint density at radius 2 is 2.12 bits per heavy atom. The summed E-state index contributed by atoms with van der Waals surface area (Å²) < 4.78 is 0.347. The number of para-hydroxylation sites is 1. The molecule has 1 saturated heterocycles. The van der Waals surface area contributed by atoms with E-state index in [1.54, 1.807) is 0 Å². The van der Waals surface area contributed by atoms with Crippen LogP contribution >= 0.6 is 11.8 Å². The number of rotatable bonds is 2. The molecule has 0 unspecified atom stereocenters. The van der Waals surface area contributed by atoms with Crippen LogP contribution in [-0.4, -0.2) is 23.6 Å². The van der Waals surface area contributed by atoms with E-state index in [0.717, 1.165) is 13.1 Å². The van der Waals surface area contributed by atoms with Gasteiger partial charge in [0.25, 0.3) is 0 Å². The Labute approximate surface area is 102 Å². The molecule has 0 aliphatic carbocycles. The molecule has 0 bridgehead atoms. The molecule has 0 radical (unpaired) electrons. The van der Waals surface area contributed by atoms with Gasteiger partial charge < -0.3 is 10.6 Å². The average molecular weight is 236 g/mol. The predicted octanol–water partition coefficient (Wildman–Crippen LogP) is 2.48. The van der Waals surface area contributed by atoms with E-state index >= 15 is 0 Å². The first-order chi connectivity index (χ1) is 7.62. The van der Waals surface area contributed by atoms with Crippen molar-refractivity contribution in [1.82, 2.24) is 0 Å². The third-order valence-corrected chi connectivity index (χ3v) is 4.28. The van der Waals surface area contributed by atoms with Crippen LogP contribution in [0.4, 0.5) is 5.69 Å². The zero-order valence-electron chi connectivity index (χ0n) is 10.1. The monoisotopic (exact) mass is 236 g/mol. The van der Waals surface area contributed by atoms with Gasteiger partial charge >= 0.3 is 0 Å². The molecular weight excluding hydrogens is 216 g/mol. The van der Waals surface area contributed by atoms with E-state index in [1.807, 2.05) is 0 Å². The number of benzene rings is 1. The predicted molar refractivity (Wildman–Crippen MR) is 73.1 cm³/mol. The second-order valence-corrected chi connectivity index (χ2v) is 6.66. The van der Waals surface area contributed by atoms with Gasteiger partial charge in [0.15, 0.2) is 0 Å². The van der Waals surface area contributed by atoms with E-state index in [0.29, 0.717) is 11.3 Å². The highest BCUT2D eigenvalue weighted by Crippen LogP contribution is 2.33. The molecule has 1 heterocycles. The van der Waals surface area contributed by atoms with Crippen LogP contribution in [0.25, 0.3) is 0 Å². The normalized spacial score (nSPS) is 19.8. The van der Waals surface area contributed by atoms with Crippen LogP contribution in [0, 0.1) is 0 Å². The number of anilines is 1. The fraction of sp³-hybridized carbons (Fsp3) is 0.538. The number of nitrogens with two attached hydrogens (primary N) is 1. The van der Waals surface area contributed by atoms with E-state index in [1.165, 1.54) is 17.0 Å². The number of nitrogens with zero attached hydrogens (tertiary/aromatic N) is 1. The fourth-order valence-electron chi connectivity index (χ4n) is 2.21. The number of hydrogen-bond acceptors (Lipinski definition) is 3. The lowest BCUT2D eigenvalue weighted by molar-refractivity contribution is 0.645. The van der Waals surface area contributed by atoms with Gasteiger partial charge in [0.1, 0.15) is 0 Å². The smallest absolute Gasteiger partial charge is 0.0412 e. The Balaban J connectivity index is 2.23. The lowest BCUT2D eigenvalue weighted by Crippen LogP contribution is -2.43. The average Bonchev–Trinajstić information content (AvgIpc) is 2.27. The first-order valence-electron chi connectivity index (χ1n) is 5.79. The molecule has 2 nitrogen and oxygen atoms in total. The van der Waals surface area contributed by atoms with Gasteiger partial charge in [-0.05, 0) is 25.5 Å². The van der Waals surface area contributed by atoms with E-state index in [-0.39, 0.29) is 0 Å². The van der Waals surface area contributed by atoms with Crippen molar-refractivity contribution in [2.45, 2.75) is 25.1 Å². The summed E-state index contributed by atoms with van der Waals surface area (Å²) in [5.74, 6) is 1.20. The van der Waals surface area contributed by atoms with Gasteiger partial charge in [-0.25, -0.2) is 0 Å². The zero-order chi connectivity index (χ0) is 11.6. The molecule has 1 aliphatic rings. The molecule has 0 atom stereocenters. The molecule has 0 amide bonds. The second-order valence-electron chi connectivity index (χ2n) is 4.86. The lowest BCUT2D eigenvalue weighted by atomic mass is 10.1. The molecule has 88 valence electrons. The molecule has 1 aromatic rings. The molecule has 0 saturated carbocycles. The maximum atomic E-state index is 5.79. The quantitative estimate of drug-likeness (QED) is 0.855. The Hall–Kier alpha value is -0.670. The van der Waals surface area contributed by atoms with Gasteiger partial charge in [0.05, 0.1) is 0 Å². The maximum absolute atomic E-state index is 5.79.